The highest BCUT2D eigenvalue weighted by Gasteiger charge is 2.14. The Morgan fingerprint density at radius 2 is 1.66 bits per heavy atom. The summed E-state index contributed by atoms with van der Waals surface area (Å²) in [5, 5.41) is 12.4. The molecule has 1 N–H and O–H groups in total. The van der Waals surface area contributed by atoms with E-state index in [1.54, 1.807) is 6.08 Å². The van der Waals surface area contributed by atoms with Gasteiger partial charge in [0.1, 0.15) is 11.6 Å². The molecule has 1 aromatic heterocycles. The fourth-order valence-corrected chi connectivity index (χ4v) is 3.64. The summed E-state index contributed by atoms with van der Waals surface area (Å²) in [7, 11) is 0. The summed E-state index contributed by atoms with van der Waals surface area (Å²) in [6.45, 7) is 10.1. The Kier molecular flexibility index (Phi) is 5.70. The molecule has 0 bridgehead atoms. The first-order valence-electron chi connectivity index (χ1n) is 9.56. The van der Waals surface area contributed by atoms with E-state index in [0.29, 0.717) is 5.69 Å². The number of nitrogens with zero attached hydrogens (tertiary/aromatic N) is 2. The SMILES string of the molecule is Cc1cccc(NC(=O)C(C#N)=Cc2cc(C)n(-c3cc(C)cc(C)c3)c2C)c1. The van der Waals surface area contributed by atoms with Gasteiger partial charge in [-0.3, -0.25) is 4.79 Å². The number of nitriles is 1. The van der Waals surface area contributed by atoms with Crippen molar-refractivity contribution < 1.29 is 4.79 Å². The van der Waals surface area contributed by atoms with Crippen molar-refractivity contribution in [1.29, 1.82) is 5.26 Å². The van der Waals surface area contributed by atoms with Gasteiger partial charge in [0, 0.05) is 22.8 Å². The lowest BCUT2D eigenvalue weighted by atomic mass is 10.1. The Morgan fingerprint density at radius 1 is 0.966 bits per heavy atom. The minimum absolute atomic E-state index is 0.0761. The number of rotatable bonds is 4. The summed E-state index contributed by atoms with van der Waals surface area (Å²) in [5.74, 6) is -0.408. The number of carbonyl (C=O) groups excluding carboxylic acids is 1. The zero-order valence-electron chi connectivity index (χ0n) is 17.5. The van der Waals surface area contributed by atoms with E-state index in [4.69, 9.17) is 0 Å². The number of benzene rings is 2. The monoisotopic (exact) mass is 383 g/mol. The molecule has 3 aromatic rings. The normalized spacial score (nSPS) is 11.2. The maximum Gasteiger partial charge on any atom is 0.266 e. The average molecular weight is 383 g/mol. The third kappa shape index (κ3) is 4.47. The van der Waals surface area contributed by atoms with Crippen LogP contribution in [0.15, 0.2) is 54.1 Å². The standard InChI is InChI=1S/C25H25N3O/c1-16-7-6-8-23(10-16)27-25(29)22(15-26)14-21-13-19(4)28(20(21)5)24-11-17(2)9-18(3)12-24/h6-14H,1-5H3,(H,27,29). The second kappa shape index (κ2) is 8.20. The maximum atomic E-state index is 12.6. The summed E-state index contributed by atoms with van der Waals surface area (Å²) < 4.78 is 2.15. The van der Waals surface area contributed by atoms with Crippen molar-refractivity contribution in [3.8, 4) is 11.8 Å². The van der Waals surface area contributed by atoms with Crippen LogP contribution in [0.3, 0.4) is 0 Å². The Morgan fingerprint density at radius 3 is 2.28 bits per heavy atom. The highest BCUT2D eigenvalue weighted by molar-refractivity contribution is 6.09. The Bertz CT molecular complexity index is 1140. The van der Waals surface area contributed by atoms with Gasteiger partial charge in [-0.15, -0.1) is 0 Å². The number of aromatic nitrogens is 1. The van der Waals surface area contributed by atoms with Crippen molar-refractivity contribution in [2.24, 2.45) is 0 Å². The Hall–Kier alpha value is -3.58. The molecule has 0 fully saturated rings. The largest absolute Gasteiger partial charge is 0.321 e. The van der Waals surface area contributed by atoms with E-state index in [-0.39, 0.29) is 5.57 Å². The molecule has 0 spiro atoms. The molecule has 0 aliphatic rings. The number of hydrogen-bond donors (Lipinski definition) is 1. The van der Waals surface area contributed by atoms with Crippen molar-refractivity contribution >= 4 is 17.7 Å². The molecule has 0 aliphatic heterocycles. The van der Waals surface area contributed by atoms with Crippen LogP contribution in [0, 0.1) is 45.9 Å². The molecule has 1 heterocycles. The summed E-state index contributed by atoms with van der Waals surface area (Å²) in [5.41, 5.74) is 8.17. The van der Waals surface area contributed by atoms with Gasteiger partial charge in [0.2, 0.25) is 0 Å². The third-order valence-corrected chi connectivity index (χ3v) is 4.88. The van der Waals surface area contributed by atoms with Crippen LogP contribution in [0.25, 0.3) is 11.8 Å². The van der Waals surface area contributed by atoms with Crippen LogP contribution < -0.4 is 5.32 Å². The lowest BCUT2D eigenvalue weighted by molar-refractivity contribution is -0.112. The lowest BCUT2D eigenvalue weighted by Gasteiger charge is -2.12. The van der Waals surface area contributed by atoms with E-state index in [0.717, 1.165) is 28.2 Å². The second-order valence-corrected chi connectivity index (χ2v) is 7.50. The molecule has 4 nitrogen and oxygen atoms in total. The number of amides is 1. The van der Waals surface area contributed by atoms with Crippen LogP contribution in [0.1, 0.15) is 33.6 Å². The number of carbonyl (C=O) groups is 1. The van der Waals surface area contributed by atoms with Gasteiger partial charge >= 0.3 is 0 Å². The van der Waals surface area contributed by atoms with Gasteiger partial charge in [0.05, 0.1) is 0 Å². The molecule has 2 aromatic carbocycles. The fourth-order valence-electron chi connectivity index (χ4n) is 3.64. The summed E-state index contributed by atoms with van der Waals surface area (Å²) in [6, 6.07) is 18.0. The predicted molar refractivity (Wildman–Crippen MR) is 118 cm³/mol. The van der Waals surface area contributed by atoms with Gasteiger partial charge in [0.25, 0.3) is 5.91 Å². The van der Waals surface area contributed by atoms with E-state index in [1.165, 1.54) is 11.1 Å². The molecule has 29 heavy (non-hydrogen) atoms. The van der Waals surface area contributed by atoms with Crippen molar-refractivity contribution in [2.75, 3.05) is 5.32 Å². The van der Waals surface area contributed by atoms with Crippen molar-refractivity contribution in [1.82, 2.24) is 4.57 Å². The molecule has 0 unspecified atom stereocenters. The topological polar surface area (TPSA) is 57.8 Å². The Balaban J connectivity index is 1.96. The molecular formula is C25H25N3O. The predicted octanol–water partition coefficient (Wildman–Crippen LogP) is 5.57. The van der Waals surface area contributed by atoms with Gasteiger partial charge in [-0.25, -0.2) is 0 Å². The minimum Gasteiger partial charge on any atom is -0.321 e. The van der Waals surface area contributed by atoms with Crippen molar-refractivity contribution in [3.63, 3.8) is 0 Å². The van der Waals surface area contributed by atoms with E-state index in [2.05, 4.69) is 41.9 Å². The van der Waals surface area contributed by atoms with Crippen LogP contribution >= 0.6 is 0 Å². The average Bonchev–Trinajstić information content (AvgIpc) is 2.92. The quantitative estimate of drug-likeness (QED) is 0.473. The highest BCUT2D eigenvalue weighted by atomic mass is 16.1. The molecule has 0 aliphatic carbocycles. The van der Waals surface area contributed by atoms with Gasteiger partial charge in [-0.2, -0.15) is 5.26 Å². The van der Waals surface area contributed by atoms with E-state index in [1.807, 2.05) is 57.2 Å². The van der Waals surface area contributed by atoms with E-state index >= 15 is 0 Å². The van der Waals surface area contributed by atoms with E-state index < -0.39 is 5.91 Å². The number of nitrogens with one attached hydrogen (secondary N) is 1. The number of hydrogen-bond acceptors (Lipinski definition) is 2. The van der Waals surface area contributed by atoms with Crippen LogP contribution in [0.5, 0.6) is 0 Å². The van der Waals surface area contributed by atoms with Crippen LogP contribution in [-0.4, -0.2) is 10.5 Å². The summed E-state index contributed by atoms with van der Waals surface area (Å²) >= 11 is 0. The van der Waals surface area contributed by atoms with Crippen LogP contribution in [0.2, 0.25) is 0 Å². The number of aryl methyl sites for hydroxylation is 4. The summed E-state index contributed by atoms with van der Waals surface area (Å²) in [4.78, 5) is 12.6. The molecule has 0 radical (unpaired) electrons. The van der Waals surface area contributed by atoms with Crippen LogP contribution in [0.4, 0.5) is 5.69 Å². The molecule has 0 saturated heterocycles. The fraction of sp³-hybridized carbons (Fsp3) is 0.200. The second-order valence-electron chi connectivity index (χ2n) is 7.50. The van der Waals surface area contributed by atoms with Gasteiger partial charge < -0.3 is 9.88 Å². The molecule has 146 valence electrons. The molecular weight excluding hydrogens is 358 g/mol. The molecule has 0 saturated carbocycles. The molecule has 1 amide bonds. The molecule has 0 atom stereocenters. The van der Waals surface area contributed by atoms with Crippen molar-refractivity contribution in [2.45, 2.75) is 34.6 Å². The number of anilines is 1. The smallest absolute Gasteiger partial charge is 0.266 e. The van der Waals surface area contributed by atoms with Crippen molar-refractivity contribution in [3.05, 3.63) is 87.7 Å². The summed E-state index contributed by atoms with van der Waals surface area (Å²) in [6.07, 6.45) is 1.66. The zero-order valence-corrected chi connectivity index (χ0v) is 17.5. The third-order valence-electron chi connectivity index (χ3n) is 4.88. The zero-order chi connectivity index (χ0) is 21.1. The van der Waals surface area contributed by atoms with Gasteiger partial charge in [-0.1, -0.05) is 18.2 Å². The van der Waals surface area contributed by atoms with Gasteiger partial charge in [0.15, 0.2) is 0 Å². The first kappa shape index (κ1) is 20.2. The minimum atomic E-state index is -0.408. The van der Waals surface area contributed by atoms with Crippen LogP contribution in [-0.2, 0) is 4.79 Å². The van der Waals surface area contributed by atoms with Gasteiger partial charge in [-0.05, 0) is 93.3 Å². The highest BCUT2D eigenvalue weighted by Crippen LogP contribution is 2.24. The Labute approximate surface area is 172 Å². The first-order valence-corrected chi connectivity index (χ1v) is 9.56. The maximum absolute atomic E-state index is 12.6. The van der Waals surface area contributed by atoms with E-state index in [9.17, 15) is 10.1 Å². The lowest BCUT2D eigenvalue weighted by Crippen LogP contribution is -2.13. The first-order chi connectivity index (χ1) is 13.8. The molecule has 4 heteroatoms. The molecule has 3 rings (SSSR count).